The first-order valence-corrected chi connectivity index (χ1v) is 6.29. The summed E-state index contributed by atoms with van der Waals surface area (Å²) in [5.41, 5.74) is 2.62. The van der Waals surface area contributed by atoms with Gasteiger partial charge < -0.3 is 15.2 Å². The number of hydrogen-bond donors (Lipinski definition) is 2. The summed E-state index contributed by atoms with van der Waals surface area (Å²) in [5.74, 6) is -0.311. The molecule has 1 aromatic carbocycles. The average Bonchev–Trinajstić information content (AvgIpc) is 2.39. The molecule has 0 saturated carbocycles. The molecule has 0 saturated heterocycles. The van der Waals surface area contributed by atoms with Gasteiger partial charge in [-0.3, -0.25) is 4.79 Å². The molecule has 0 spiro atoms. The molecule has 20 heavy (non-hydrogen) atoms. The van der Waals surface area contributed by atoms with E-state index in [1.807, 2.05) is 26.0 Å². The van der Waals surface area contributed by atoms with Crippen LogP contribution in [-0.4, -0.2) is 30.6 Å². The number of hydrogen-bond acceptors (Lipinski definition) is 3. The lowest BCUT2D eigenvalue weighted by Gasteiger charge is -2.13. The first kappa shape index (κ1) is 15.8. The quantitative estimate of drug-likeness (QED) is 0.779. The van der Waals surface area contributed by atoms with E-state index in [-0.39, 0.29) is 5.91 Å². The molecule has 0 aliphatic carbocycles. The first-order chi connectivity index (χ1) is 9.43. The zero-order valence-corrected chi connectivity index (χ0v) is 11.9. The van der Waals surface area contributed by atoms with E-state index in [1.54, 1.807) is 7.05 Å². The third-order valence-corrected chi connectivity index (χ3v) is 2.76. The van der Waals surface area contributed by atoms with Crippen molar-refractivity contribution in [2.24, 2.45) is 0 Å². The molecule has 5 nitrogen and oxygen atoms in total. The average molecular weight is 277 g/mol. The molecular weight excluding hydrogens is 258 g/mol. The molecule has 0 aliphatic heterocycles. The van der Waals surface area contributed by atoms with E-state index in [0.717, 1.165) is 28.5 Å². The van der Waals surface area contributed by atoms with Crippen LogP contribution in [0.3, 0.4) is 0 Å². The maximum absolute atomic E-state index is 11.1. The van der Waals surface area contributed by atoms with Crippen molar-refractivity contribution in [3.8, 4) is 5.75 Å². The summed E-state index contributed by atoms with van der Waals surface area (Å²) in [4.78, 5) is 21.6. The summed E-state index contributed by atoms with van der Waals surface area (Å²) in [6.45, 7) is 4.09. The molecule has 0 heterocycles. The van der Waals surface area contributed by atoms with Gasteiger partial charge in [-0.05, 0) is 48.7 Å². The molecule has 0 aromatic heterocycles. The molecule has 0 aliphatic rings. The highest BCUT2D eigenvalue weighted by Gasteiger charge is 2.07. The number of benzene rings is 1. The van der Waals surface area contributed by atoms with Gasteiger partial charge in [0.05, 0.1) is 13.0 Å². The fourth-order valence-electron chi connectivity index (χ4n) is 1.85. The molecule has 1 rings (SSSR count). The normalized spacial score (nSPS) is 10.6. The highest BCUT2D eigenvalue weighted by atomic mass is 16.5. The van der Waals surface area contributed by atoms with E-state index in [1.165, 1.54) is 6.08 Å². The summed E-state index contributed by atoms with van der Waals surface area (Å²) in [6, 6.07) is 3.70. The van der Waals surface area contributed by atoms with Gasteiger partial charge in [0.1, 0.15) is 5.75 Å². The van der Waals surface area contributed by atoms with Gasteiger partial charge in [-0.2, -0.15) is 0 Å². The number of aryl methyl sites for hydroxylation is 2. The summed E-state index contributed by atoms with van der Waals surface area (Å²) >= 11 is 0. The number of aliphatic carboxylic acids is 1. The lowest BCUT2D eigenvalue weighted by Crippen LogP contribution is -2.20. The van der Waals surface area contributed by atoms with Crippen LogP contribution in [0, 0.1) is 13.8 Å². The fourth-order valence-corrected chi connectivity index (χ4v) is 1.85. The van der Waals surface area contributed by atoms with Crippen molar-refractivity contribution in [2.75, 3.05) is 13.7 Å². The maximum atomic E-state index is 11.1. The van der Waals surface area contributed by atoms with Crippen molar-refractivity contribution in [3.05, 3.63) is 34.9 Å². The van der Waals surface area contributed by atoms with Crippen molar-refractivity contribution in [2.45, 2.75) is 20.3 Å². The second-order valence-electron chi connectivity index (χ2n) is 4.43. The van der Waals surface area contributed by atoms with Crippen molar-refractivity contribution in [1.82, 2.24) is 5.32 Å². The monoisotopic (exact) mass is 277 g/mol. The Morgan fingerprint density at radius 2 is 1.90 bits per heavy atom. The Hall–Kier alpha value is -2.30. The lowest BCUT2D eigenvalue weighted by atomic mass is 10.1. The predicted molar refractivity (Wildman–Crippen MR) is 76.8 cm³/mol. The van der Waals surface area contributed by atoms with Crippen LogP contribution in [0.15, 0.2) is 18.2 Å². The van der Waals surface area contributed by atoms with Crippen molar-refractivity contribution in [1.29, 1.82) is 0 Å². The third kappa shape index (κ3) is 4.76. The standard InChI is InChI=1S/C15H19NO4/c1-10-8-12(4-5-14(18)19)9-11(2)15(10)20-7-6-13(17)16-3/h4-5,8-9H,6-7H2,1-3H3,(H,16,17)(H,18,19). The van der Waals surface area contributed by atoms with E-state index < -0.39 is 5.97 Å². The molecule has 108 valence electrons. The van der Waals surface area contributed by atoms with Crippen molar-refractivity contribution in [3.63, 3.8) is 0 Å². The summed E-state index contributed by atoms with van der Waals surface area (Å²) < 4.78 is 5.62. The van der Waals surface area contributed by atoms with Crippen LogP contribution in [0.2, 0.25) is 0 Å². The van der Waals surface area contributed by atoms with E-state index in [4.69, 9.17) is 9.84 Å². The minimum Gasteiger partial charge on any atom is -0.493 e. The Labute approximate surface area is 118 Å². The number of nitrogens with one attached hydrogen (secondary N) is 1. The molecular formula is C15H19NO4. The van der Waals surface area contributed by atoms with E-state index in [2.05, 4.69) is 5.32 Å². The second kappa shape index (κ2) is 7.33. The summed E-state index contributed by atoms with van der Waals surface area (Å²) in [6.07, 6.45) is 2.94. The molecule has 1 amide bonds. The molecule has 0 bridgehead atoms. The van der Waals surface area contributed by atoms with Crippen LogP contribution in [0.5, 0.6) is 5.75 Å². The Bertz CT molecular complexity index is 512. The van der Waals surface area contributed by atoms with E-state index in [9.17, 15) is 9.59 Å². The first-order valence-electron chi connectivity index (χ1n) is 6.29. The van der Waals surface area contributed by atoms with Gasteiger partial charge in [0, 0.05) is 13.1 Å². The molecule has 2 N–H and O–H groups in total. The van der Waals surface area contributed by atoms with Gasteiger partial charge in [0.15, 0.2) is 0 Å². The molecule has 0 unspecified atom stereocenters. The number of amides is 1. The van der Waals surface area contributed by atoms with Gasteiger partial charge in [-0.25, -0.2) is 4.79 Å². The molecule has 0 fully saturated rings. The van der Waals surface area contributed by atoms with Crippen molar-refractivity contribution >= 4 is 18.0 Å². The van der Waals surface area contributed by atoms with Crippen LogP contribution in [0.25, 0.3) is 6.08 Å². The number of carboxylic acids is 1. The lowest BCUT2D eigenvalue weighted by molar-refractivity contribution is -0.131. The van der Waals surface area contributed by atoms with Gasteiger partial charge >= 0.3 is 5.97 Å². The second-order valence-corrected chi connectivity index (χ2v) is 4.43. The Morgan fingerprint density at radius 3 is 2.40 bits per heavy atom. The number of carbonyl (C=O) groups excluding carboxylic acids is 1. The fraction of sp³-hybridized carbons (Fsp3) is 0.333. The molecule has 0 radical (unpaired) electrons. The van der Waals surface area contributed by atoms with Gasteiger partial charge in [0.2, 0.25) is 5.91 Å². The van der Waals surface area contributed by atoms with Gasteiger partial charge in [-0.15, -0.1) is 0 Å². The smallest absolute Gasteiger partial charge is 0.328 e. The number of carbonyl (C=O) groups is 2. The topological polar surface area (TPSA) is 75.6 Å². The highest BCUT2D eigenvalue weighted by Crippen LogP contribution is 2.25. The van der Waals surface area contributed by atoms with Gasteiger partial charge in [-0.1, -0.05) is 0 Å². The summed E-state index contributed by atoms with van der Waals surface area (Å²) in [5, 5.41) is 11.1. The van der Waals surface area contributed by atoms with E-state index >= 15 is 0 Å². The van der Waals surface area contributed by atoms with Gasteiger partial charge in [0.25, 0.3) is 0 Å². The van der Waals surface area contributed by atoms with Crippen LogP contribution in [0.4, 0.5) is 0 Å². The van der Waals surface area contributed by atoms with Crippen molar-refractivity contribution < 1.29 is 19.4 Å². The predicted octanol–water partition coefficient (Wildman–Crippen LogP) is 1.92. The maximum Gasteiger partial charge on any atom is 0.328 e. The largest absolute Gasteiger partial charge is 0.493 e. The Kier molecular flexibility index (Phi) is 5.77. The number of carboxylic acid groups (broad SMARTS) is 1. The minimum absolute atomic E-state index is 0.0682. The Morgan fingerprint density at radius 1 is 1.30 bits per heavy atom. The highest BCUT2D eigenvalue weighted by molar-refractivity contribution is 5.85. The zero-order valence-electron chi connectivity index (χ0n) is 11.9. The molecule has 1 aromatic rings. The zero-order chi connectivity index (χ0) is 15.1. The number of rotatable bonds is 6. The van der Waals surface area contributed by atoms with Crippen LogP contribution in [-0.2, 0) is 9.59 Å². The van der Waals surface area contributed by atoms with Crippen LogP contribution < -0.4 is 10.1 Å². The van der Waals surface area contributed by atoms with Crippen LogP contribution >= 0.6 is 0 Å². The number of ether oxygens (including phenoxy) is 1. The minimum atomic E-state index is -0.980. The third-order valence-electron chi connectivity index (χ3n) is 2.76. The van der Waals surface area contributed by atoms with Crippen LogP contribution in [0.1, 0.15) is 23.1 Å². The SMILES string of the molecule is CNC(=O)CCOc1c(C)cc(C=CC(=O)O)cc1C. The van der Waals surface area contributed by atoms with E-state index in [0.29, 0.717) is 13.0 Å². The molecule has 0 atom stereocenters. The molecule has 5 heteroatoms. The Balaban J connectivity index is 2.79. The summed E-state index contributed by atoms with van der Waals surface area (Å²) in [7, 11) is 1.59.